The van der Waals surface area contributed by atoms with Gasteiger partial charge in [0.05, 0.1) is 17.3 Å². The molecule has 3 N–H and O–H groups in total. The van der Waals surface area contributed by atoms with Crippen molar-refractivity contribution >= 4 is 0 Å². The molecule has 0 aromatic heterocycles. The minimum Gasteiger partial charge on any atom is -0.392 e. The van der Waals surface area contributed by atoms with Gasteiger partial charge in [0.25, 0.3) is 0 Å². The molecule has 104 valence electrons. The van der Waals surface area contributed by atoms with Crippen LogP contribution in [0.15, 0.2) is 12.2 Å². The normalized spacial score (nSPS) is 52.4. The molecule has 0 bridgehead atoms. The molecular weight excluding hydrogens is 228 g/mol. The van der Waals surface area contributed by atoms with E-state index in [0.717, 1.165) is 0 Å². The summed E-state index contributed by atoms with van der Waals surface area (Å²) in [5.41, 5.74) is -2.12. The van der Waals surface area contributed by atoms with Crippen LogP contribution in [0.2, 0.25) is 0 Å². The van der Waals surface area contributed by atoms with Gasteiger partial charge in [0, 0.05) is 11.3 Å². The summed E-state index contributed by atoms with van der Waals surface area (Å²) in [6, 6.07) is 0. The summed E-state index contributed by atoms with van der Waals surface area (Å²) in [7, 11) is 0. The number of hydrogen-bond acceptors (Lipinski definition) is 3. The van der Waals surface area contributed by atoms with Crippen LogP contribution in [0.3, 0.4) is 0 Å². The number of aliphatic hydroxyl groups excluding tert-OH is 1. The maximum atomic E-state index is 10.6. The van der Waals surface area contributed by atoms with Crippen LogP contribution in [-0.4, -0.2) is 32.6 Å². The highest BCUT2D eigenvalue weighted by atomic mass is 16.3. The number of hydrogen-bond donors (Lipinski definition) is 3. The molecule has 0 aliphatic heterocycles. The predicted molar refractivity (Wildman–Crippen MR) is 71.0 cm³/mol. The molecule has 0 heterocycles. The van der Waals surface area contributed by atoms with Gasteiger partial charge in [-0.05, 0) is 32.1 Å². The summed E-state index contributed by atoms with van der Waals surface area (Å²) in [6.07, 6.45) is 5.05. The second-order valence-electron chi connectivity index (χ2n) is 7.01. The molecule has 0 amide bonds. The Labute approximate surface area is 110 Å². The Hall–Kier alpha value is -0.380. The summed E-state index contributed by atoms with van der Waals surface area (Å²) >= 11 is 0. The number of rotatable bonds is 1. The van der Waals surface area contributed by atoms with Crippen molar-refractivity contribution in [2.45, 2.75) is 64.3 Å². The van der Waals surface area contributed by atoms with Crippen molar-refractivity contribution in [2.24, 2.45) is 17.3 Å². The highest BCUT2D eigenvalue weighted by molar-refractivity contribution is 5.22. The van der Waals surface area contributed by atoms with E-state index >= 15 is 0 Å². The Morgan fingerprint density at radius 1 is 1.17 bits per heavy atom. The molecule has 0 spiro atoms. The van der Waals surface area contributed by atoms with Crippen LogP contribution in [0.5, 0.6) is 0 Å². The molecule has 2 rings (SSSR count). The van der Waals surface area contributed by atoms with Crippen LogP contribution < -0.4 is 0 Å². The van der Waals surface area contributed by atoms with E-state index < -0.39 is 22.7 Å². The third kappa shape index (κ3) is 1.93. The minimum absolute atomic E-state index is 0.105. The maximum Gasteiger partial charge on any atom is 0.0854 e. The molecule has 3 heteroatoms. The van der Waals surface area contributed by atoms with Gasteiger partial charge in [0.15, 0.2) is 0 Å². The Kier molecular flexibility index (Phi) is 3.16. The van der Waals surface area contributed by atoms with Crippen molar-refractivity contribution in [1.29, 1.82) is 0 Å². The Morgan fingerprint density at radius 2 is 1.78 bits per heavy atom. The molecule has 2 aliphatic rings. The summed E-state index contributed by atoms with van der Waals surface area (Å²) in [5, 5.41) is 31.5. The quantitative estimate of drug-likeness (QED) is 0.626. The number of aliphatic hydroxyl groups is 3. The van der Waals surface area contributed by atoms with Gasteiger partial charge >= 0.3 is 0 Å². The summed E-state index contributed by atoms with van der Waals surface area (Å²) in [6.45, 7) is 7.80. The summed E-state index contributed by atoms with van der Waals surface area (Å²) in [5.74, 6) is -0.000630. The minimum atomic E-state index is -0.870. The first-order valence-corrected chi connectivity index (χ1v) is 6.95. The topological polar surface area (TPSA) is 60.7 Å². The van der Waals surface area contributed by atoms with Gasteiger partial charge in [-0.2, -0.15) is 0 Å². The number of fused-ring (bicyclic) bond motifs is 1. The third-order valence-corrected chi connectivity index (χ3v) is 5.41. The first-order chi connectivity index (χ1) is 8.12. The highest BCUT2D eigenvalue weighted by Crippen LogP contribution is 2.54. The van der Waals surface area contributed by atoms with E-state index in [4.69, 9.17) is 0 Å². The van der Waals surface area contributed by atoms with Crippen LogP contribution in [0.1, 0.15) is 47.0 Å². The fourth-order valence-corrected chi connectivity index (χ4v) is 3.63. The van der Waals surface area contributed by atoms with Crippen molar-refractivity contribution in [3.05, 3.63) is 12.2 Å². The maximum absolute atomic E-state index is 10.6. The van der Waals surface area contributed by atoms with E-state index in [-0.39, 0.29) is 11.8 Å². The van der Waals surface area contributed by atoms with Gasteiger partial charge in [-0.1, -0.05) is 32.9 Å². The van der Waals surface area contributed by atoms with Gasteiger partial charge < -0.3 is 15.3 Å². The largest absolute Gasteiger partial charge is 0.392 e. The standard InChI is InChI=1S/C15H26O3/c1-10(2)15(18)8-7-13(3)11(9-15)14(4,17)6-5-12(13)16/h7-8,10-12,16-18H,5-6,9H2,1-4H3. The van der Waals surface area contributed by atoms with Gasteiger partial charge in [-0.25, -0.2) is 0 Å². The Balaban J connectivity index is 2.42. The van der Waals surface area contributed by atoms with Crippen LogP contribution in [0.4, 0.5) is 0 Å². The molecule has 5 atom stereocenters. The molecule has 0 aromatic rings. The second kappa shape index (κ2) is 4.06. The Bertz CT molecular complexity index is 361. The van der Waals surface area contributed by atoms with E-state index in [9.17, 15) is 15.3 Å². The van der Waals surface area contributed by atoms with Crippen molar-refractivity contribution in [1.82, 2.24) is 0 Å². The first-order valence-electron chi connectivity index (χ1n) is 6.95. The van der Waals surface area contributed by atoms with Crippen LogP contribution in [-0.2, 0) is 0 Å². The third-order valence-electron chi connectivity index (χ3n) is 5.41. The van der Waals surface area contributed by atoms with Crippen molar-refractivity contribution in [3.63, 3.8) is 0 Å². The van der Waals surface area contributed by atoms with Crippen LogP contribution >= 0.6 is 0 Å². The van der Waals surface area contributed by atoms with Crippen LogP contribution in [0.25, 0.3) is 0 Å². The average molecular weight is 254 g/mol. The lowest BCUT2D eigenvalue weighted by Gasteiger charge is -2.55. The van der Waals surface area contributed by atoms with Crippen molar-refractivity contribution < 1.29 is 15.3 Å². The molecule has 0 radical (unpaired) electrons. The van der Waals surface area contributed by atoms with E-state index in [1.807, 2.05) is 39.8 Å². The van der Waals surface area contributed by atoms with Crippen molar-refractivity contribution in [2.75, 3.05) is 0 Å². The highest BCUT2D eigenvalue weighted by Gasteiger charge is 2.56. The lowest BCUT2D eigenvalue weighted by Crippen LogP contribution is -2.59. The van der Waals surface area contributed by atoms with Gasteiger partial charge in [-0.15, -0.1) is 0 Å². The monoisotopic (exact) mass is 254 g/mol. The zero-order valence-electron chi connectivity index (χ0n) is 11.8. The van der Waals surface area contributed by atoms with E-state index in [1.54, 1.807) is 0 Å². The summed E-state index contributed by atoms with van der Waals surface area (Å²) < 4.78 is 0. The lowest BCUT2D eigenvalue weighted by molar-refractivity contribution is -0.161. The molecule has 18 heavy (non-hydrogen) atoms. The zero-order chi connectivity index (χ0) is 13.8. The smallest absolute Gasteiger partial charge is 0.0854 e. The van der Waals surface area contributed by atoms with E-state index in [0.29, 0.717) is 19.3 Å². The first kappa shape index (κ1) is 14.0. The zero-order valence-corrected chi connectivity index (χ0v) is 11.8. The van der Waals surface area contributed by atoms with Gasteiger partial charge in [-0.3, -0.25) is 0 Å². The SMILES string of the molecule is CC(C)C1(O)C=CC2(C)C(O)CCC(C)(O)C2C1. The predicted octanol–water partition coefficient (Wildman–Crippen LogP) is 1.86. The Morgan fingerprint density at radius 3 is 2.33 bits per heavy atom. The fourth-order valence-electron chi connectivity index (χ4n) is 3.63. The lowest BCUT2D eigenvalue weighted by atomic mass is 9.53. The summed E-state index contributed by atoms with van der Waals surface area (Å²) in [4.78, 5) is 0. The van der Waals surface area contributed by atoms with Gasteiger partial charge in [0.2, 0.25) is 0 Å². The molecule has 1 fully saturated rings. The molecule has 0 aromatic carbocycles. The van der Waals surface area contributed by atoms with E-state index in [1.165, 1.54) is 0 Å². The van der Waals surface area contributed by atoms with Gasteiger partial charge in [0.1, 0.15) is 0 Å². The molecular formula is C15H26O3. The van der Waals surface area contributed by atoms with Crippen LogP contribution in [0, 0.1) is 17.3 Å². The van der Waals surface area contributed by atoms with Crippen molar-refractivity contribution in [3.8, 4) is 0 Å². The molecule has 2 aliphatic carbocycles. The second-order valence-corrected chi connectivity index (χ2v) is 7.01. The molecule has 1 saturated carbocycles. The molecule has 3 nitrogen and oxygen atoms in total. The fraction of sp³-hybridized carbons (Fsp3) is 0.867. The average Bonchev–Trinajstić information content (AvgIpc) is 2.27. The molecule has 0 saturated heterocycles. The van der Waals surface area contributed by atoms with E-state index in [2.05, 4.69) is 0 Å². The molecule has 5 unspecified atom stereocenters.